The molecule has 0 aliphatic carbocycles. The molecule has 5 nitrogen and oxygen atoms in total. The summed E-state index contributed by atoms with van der Waals surface area (Å²) in [6, 6.07) is 12.3. The number of hydrogen-bond donors (Lipinski definition) is 2. The molecule has 0 unspecified atom stereocenters. The largest absolute Gasteiger partial charge is 0.379 e. The van der Waals surface area contributed by atoms with Crippen LogP contribution in [-0.2, 0) is 17.9 Å². The van der Waals surface area contributed by atoms with E-state index in [0.717, 1.165) is 17.5 Å². The maximum absolute atomic E-state index is 12.9. The fourth-order valence-electron chi connectivity index (χ4n) is 3.52. The highest BCUT2D eigenvalue weighted by Gasteiger charge is 2.41. The molecule has 1 aliphatic heterocycles. The van der Waals surface area contributed by atoms with Gasteiger partial charge in [-0.15, -0.1) is 0 Å². The highest BCUT2D eigenvalue weighted by Crippen LogP contribution is 2.24. The summed E-state index contributed by atoms with van der Waals surface area (Å²) in [6.45, 7) is 6.41. The van der Waals surface area contributed by atoms with E-state index in [-0.39, 0.29) is 12.5 Å². The monoisotopic (exact) mass is 367 g/mol. The van der Waals surface area contributed by atoms with Crippen molar-refractivity contribution in [3.8, 4) is 0 Å². The molecule has 144 valence electrons. The van der Waals surface area contributed by atoms with E-state index in [4.69, 9.17) is 0 Å². The number of nitrogens with zero attached hydrogens (tertiary/aromatic N) is 2. The Balaban J connectivity index is 1.58. The van der Waals surface area contributed by atoms with Crippen LogP contribution in [0.25, 0.3) is 0 Å². The number of piperidine rings is 1. The highest BCUT2D eigenvalue weighted by atomic mass is 16.3. The van der Waals surface area contributed by atoms with E-state index in [1.165, 1.54) is 5.56 Å². The summed E-state index contributed by atoms with van der Waals surface area (Å²) in [5, 5.41) is 14.1. The molecule has 1 aromatic carbocycles. The van der Waals surface area contributed by atoms with Gasteiger partial charge in [-0.1, -0.05) is 44.2 Å². The van der Waals surface area contributed by atoms with Crippen LogP contribution in [-0.4, -0.2) is 39.6 Å². The van der Waals surface area contributed by atoms with Gasteiger partial charge in [0, 0.05) is 38.6 Å². The summed E-state index contributed by atoms with van der Waals surface area (Å²) >= 11 is 0. The van der Waals surface area contributed by atoms with Gasteiger partial charge in [-0.2, -0.15) is 0 Å². The highest BCUT2D eigenvalue weighted by molar-refractivity contribution is 5.86. The molecule has 1 saturated heterocycles. The molecular weight excluding hydrogens is 338 g/mol. The molecule has 27 heavy (non-hydrogen) atoms. The van der Waals surface area contributed by atoms with Crippen LogP contribution in [0.15, 0.2) is 48.8 Å². The van der Waals surface area contributed by atoms with E-state index in [2.05, 4.69) is 48.4 Å². The van der Waals surface area contributed by atoms with Crippen LogP contribution in [0.4, 0.5) is 0 Å². The van der Waals surface area contributed by atoms with Crippen molar-refractivity contribution < 1.29 is 9.90 Å². The zero-order valence-corrected chi connectivity index (χ0v) is 16.2. The molecule has 0 saturated carbocycles. The SMILES string of the molecule is CC(C)c1ccc(CN2CCC[C@@](O)(CNCc3cccnc3)C2=O)cc1. The Bertz CT molecular complexity index is 746. The summed E-state index contributed by atoms with van der Waals surface area (Å²) in [7, 11) is 0. The van der Waals surface area contributed by atoms with Gasteiger partial charge in [0.15, 0.2) is 5.60 Å². The first kappa shape index (κ1) is 19.5. The summed E-state index contributed by atoms with van der Waals surface area (Å²) in [6.07, 6.45) is 4.82. The number of rotatable bonds is 7. The zero-order valence-electron chi connectivity index (χ0n) is 16.2. The number of aromatic nitrogens is 1. The normalized spacial score (nSPS) is 20.3. The maximum atomic E-state index is 12.9. The molecule has 2 aromatic rings. The van der Waals surface area contributed by atoms with Gasteiger partial charge in [-0.3, -0.25) is 9.78 Å². The lowest BCUT2D eigenvalue weighted by molar-refractivity contribution is -0.157. The van der Waals surface area contributed by atoms with E-state index in [1.807, 2.05) is 12.1 Å². The molecule has 5 heteroatoms. The van der Waals surface area contributed by atoms with E-state index >= 15 is 0 Å². The standard InChI is InChI=1S/C22H29N3O2/c1-17(2)20-8-6-18(7-9-20)15-25-12-4-10-22(27,21(25)26)16-24-14-19-5-3-11-23-13-19/h3,5-9,11,13,17,24,27H,4,10,12,14-16H2,1-2H3/t22-/m1/s1. The topological polar surface area (TPSA) is 65.5 Å². The van der Waals surface area contributed by atoms with Gasteiger partial charge < -0.3 is 15.3 Å². The molecule has 2 heterocycles. The molecule has 3 rings (SSSR count). The van der Waals surface area contributed by atoms with Crippen LogP contribution < -0.4 is 5.32 Å². The van der Waals surface area contributed by atoms with Crippen molar-refractivity contribution in [1.29, 1.82) is 0 Å². The molecule has 1 aromatic heterocycles. The number of likely N-dealkylation sites (tertiary alicyclic amines) is 1. The minimum Gasteiger partial charge on any atom is -0.379 e. The number of nitrogens with one attached hydrogen (secondary N) is 1. The van der Waals surface area contributed by atoms with Gasteiger partial charge in [-0.05, 0) is 41.5 Å². The van der Waals surface area contributed by atoms with Crippen LogP contribution in [0.2, 0.25) is 0 Å². The fraction of sp³-hybridized carbons (Fsp3) is 0.455. The lowest BCUT2D eigenvalue weighted by Gasteiger charge is -2.38. The first-order chi connectivity index (χ1) is 13.0. The summed E-state index contributed by atoms with van der Waals surface area (Å²) < 4.78 is 0. The Labute approximate surface area is 161 Å². The van der Waals surface area contributed by atoms with Crippen molar-refractivity contribution in [1.82, 2.24) is 15.2 Å². The number of carbonyl (C=O) groups excluding carboxylic acids is 1. The summed E-state index contributed by atoms with van der Waals surface area (Å²) in [4.78, 5) is 18.8. The Morgan fingerprint density at radius 1 is 1.22 bits per heavy atom. The number of benzene rings is 1. The maximum Gasteiger partial charge on any atom is 0.256 e. The zero-order chi connectivity index (χ0) is 19.3. The van der Waals surface area contributed by atoms with E-state index < -0.39 is 5.60 Å². The Morgan fingerprint density at radius 3 is 2.67 bits per heavy atom. The minimum atomic E-state index is -1.33. The molecule has 1 fully saturated rings. The van der Waals surface area contributed by atoms with Crippen molar-refractivity contribution >= 4 is 5.91 Å². The average Bonchev–Trinajstić information content (AvgIpc) is 2.67. The molecule has 0 radical (unpaired) electrons. The number of carbonyl (C=O) groups is 1. The van der Waals surface area contributed by atoms with Crippen LogP contribution >= 0.6 is 0 Å². The quantitative estimate of drug-likeness (QED) is 0.790. The van der Waals surface area contributed by atoms with Crippen LogP contribution in [0.5, 0.6) is 0 Å². The summed E-state index contributed by atoms with van der Waals surface area (Å²) in [5.74, 6) is 0.312. The smallest absolute Gasteiger partial charge is 0.256 e. The molecule has 0 bridgehead atoms. The molecule has 2 N–H and O–H groups in total. The molecule has 1 atom stereocenters. The molecule has 0 spiro atoms. The van der Waals surface area contributed by atoms with Gasteiger partial charge in [0.2, 0.25) is 0 Å². The molecule has 1 aliphatic rings. The predicted molar refractivity (Wildman–Crippen MR) is 106 cm³/mol. The number of amides is 1. The van der Waals surface area contributed by atoms with Gasteiger partial charge in [0.05, 0.1) is 0 Å². The average molecular weight is 367 g/mol. The number of hydrogen-bond acceptors (Lipinski definition) is 4. The number of pyridine rings is 1. The van der Waals surface area contributed by atoms with Crippen LogP contribution in [0.3, 0.4) is 0 Å². The third-order valence-corrected chi connectivity index (χ3v) is 5.19. The van der Waals surface area contributed by atoms with Crippen LogP contribution in [0.1, 0.15) is 49.3 Å². The van der Waals surface area contributed by atoms with Crippen molar-refractivity contribution in [2.24, 2.45) is 0 Å². The van der Waals surface area contributed by atoms with Crippen LogP contribution in [0, 0.1) is 0 Å². The van der Waals surface area contributed by atoms with Crippen molar-refractivity contribution in [3.63, 3.8) is 0 Å². The van der Waals surface area contributed by atoms with E-state index in [0.29, 0.717) is 32.0 Å². The fourth-order valence-corrected chi connectivity index (χ4v) is 3.52. The van der Waals surface area contributed by atoms with Crippen molar-refractivity contribution in [2.75, 3.05) is 13.1 Å². The van der Waals surface area contributed by atoms with Crippen molar-refractivity contribution in [2.45, 2.75) is 51.3 Å². The Kier molecular flexibility index (Phi) is 6.24. The first-order valence-corrected chi connectivity index (χ1v) is 9.68. The second kappa shape index (κ2) is 8.63. The first-order valence-electron chi connectivity index (χ1n) is 9.68. The summed E-state index contributed by atoms with van der Waals surface area (Å²) in [5.41, 5.74) is 2.09. The van der Waals surface area contributed by atoms with E-state index in [9.17, 15) is 9.90 Å². The van der Waals surface area contributed by atoms with Gasteiger partial charge in [0.1, 0.15) is 0 Å². The Hall–Kier alpha value is -2.24. The molecular formula is C22H29N3O2. The van der Waals surface area contributed by atoms with Crippen molar-refractivity contribution in [3.05, 3.63) is 65.5 Å². The Morgan fingerprint density at radius 2 is 2.00 bits per heavy atom. The second-order valence-corrected chi connectivity index (χ2v) is 7.72. The second-order valence-electron chi connectivity index (χ2n) is 7.72. The lowest BCUT2D eigenvalue weighted by Crippen LogP contribution is -2.57. The van der Waals surface area contributed by atoms with Gasteiger partial charge in [-0.25, -0.2) is 0 Å². The molecule has 1 amide bonds. The van der Waals surface area contributed by atoms with E-state index in [1.54, 1.807) is 17.3 Å². The third-order valence-electron chi connectivity index (χ3n) is 5.19. The third kappa shape index (κ3) is 4.93. The van der Waals surface area contributed by atoms with Gasteiger partial charge >= 0.3 is 0 Å². The van der Waals surface area contributed by atoms with Gasteiger partial charge in [0.25, 0.3) is 5.91 Å². The minimum absolute atomic E-state index is 0.180. The number of aliphatic hydroxyl groups is 1. The lowest BCUT2D eigenvalue weighted by atomic mass is 9.91. The predicted octanol–water partition coefficient (Wildman–Crippen LogP) is 2.85.